The van der Waals surface area contributed by atoms with Crippen molar-refractivity contribution in [2.75, 3.05) is 0 Å². The molecule has 0 fully saturated rings. The van der Waals surface area contributed by atoms with Crippen molar-refractivity contribution >= 4 is 5.78 Å². The lowest BCUT2D eigenvalue weighted by atomic mass is 10.1. The van der Waals surface area contributed by atoms with Crippen molar-refractivity contribution in [2.24, 2.45) is 5.92 Å². The zero-order valence-corrected chi connectivity index (χ0v) is 10.1. The molecule has 0 aromatic carbocycles. The molecule has 0 atom stereocenters. The SMILES string of the molecule is CCc1cc(CC)n(CC(=O)C(C)C)n1. The van der Waals surface area contributed by atoms with Gasteiger partial charge in [-0.3, -0.25) is 9.48 Å². The van der Waals surface area contributed by atoms with Gasteiger partial charge in [0.15, 0.2) is 5.78 Å². The molecule has 0 aliphatic heterocycles. The number of carbonyl (C=O) groups excluding carboxylic acids is 1. The Hall–Kier alpha value is -1.12. The minimum absolute atomic E-state index is 0.0870. The third-order valence-corrected chi connectivity index (χ3v) is 2.59. The molecule has 1 aromatic heterocycles. The van der Waals surface area contributed by atoms with E-state index in [1.807, 2.05) is 18.5 Å². The molecule has 0 amide bonds. The van der Waals surface area contributed by atoms with Crippen LogP contribution in [0.2, 0.25) is 0 Å². The summed E-state index contributed by atoms with van der Waals surface area (Å²) in [6.07, 6.45) is 1.86. The molecule has 0 aliphatic rings. The molecule has 0 saturated carbocycles. The van der Waals surface area contributed by atoms with Gasteiger partial charge in [0.1, 0.15) is 6.54 Å². The Kier molecular flexibility index (Phi) is 4.06. The van der Waals surface area contributed by atoms with Gasteiger partial charge in [0.05, 0.1) is 5.69 Å². The van der Waals surface area contributed by atoms with E-state index in [2.05, 4.69) is 25.0 Å². The molecule has 0 spiro atoms. The molecular formula is C12H20N2O. The first-order valence-electron chi connectivity index (χ1n) is 5.66. The molecule has 1 aromatic rings. The fourth-order valence-corrected chi connectivity index (χ4v) is 1.44. The van der Waals surface area contributed by atoms with E-state index in [1.165, 1.54) is 0 Å². The number of ketones is 1. The molecule has 84 valence electrons. The van der Waals surface area contributed by atoms with E-state index in [1.54, 1.807) is 0 Å². The molecular weight excluding hydrogens is 188 g/mol. The third kappa shape index (κ3) is 2.91. The van der Waals surface area contributed by atoms with Gasteiger partial charge in [0.2, 0.25) is 0 Å². The van der Waals surface area contributed by atoms with Crippen LogP contribution in [0, 0.1) is 5.92 Å². The Balaban J connectivity index is 2.83. The summed E-state index contributed by atoms with van der Waals surface area (Å²) >= 11 is 0. The van der Waals surface area contributed by atoms with Crippen LogP contribution in [0.25, 0.3) is 0 Å². The molecule has 3 nitrogen and oxygen atoms in total. The van der Waals surface area contributed by atoms with Crippen molar-refractivity contribution in [1.82, 2.24) is 9.78 Å². The highest BCUT2D eigenvalue weighted by molar-refractivity contribution is 5.80. The van der Waals surface area contributed by atoms with E-state index in [4.69, 9.17) is 0 Å². The third-order valence-electron chi connectivity index (χ3n) is 2.59. The maximum Gasteiger partial charge on any atom is 0.156 e. The molecule has 0 aliphatic carbocycles. The first kappa shape index (κ1) is 12.0. The van der Waals surface area contributed by atoms with Gasteiger partial charge in [-0.25, -0.2) is 0 Å². The fourth-order valence-electron chi connectivity index (χ4n) is 1.44. The Labute approximate surface area is 91.5 Å². The van der Waals surface area contributed by atoms with Crippen LogP contribution in [0.1, 0.15) is 39.1 Å². The molecule has 1 rings (SSSR count). The molecule has 0 N–H and O–H groups in total. The van der Waals surface area contributed by atoms with Crippen LogP contribution in [0.15, 0.2) is 6.07 Å². The van der Waals surface area contributed by atoms with Crippen LogP contribution < -0.4 is 0 Å². The number of carbonyl (C=O) groups is 1. The van der Waals surface area contributed by atoms with Crippen molar-refractivity contribution < 1.29 is 4.79 Å². The summed E-state index contributed by atoms with van der Waals surface area (Å²) in [6, 6.07) is 2.09. The number of hydrogen-bond donors (Lipinski definition) is 0. The second kappa shape index (κ2) is 5.10. The minimum Gasteiger partial charge on any atom is -0.297 e. The topological polar surface area (TPSA) is 34.9 Å². The maximum absolute atomic E-state index is 11.6. The molecule has 0 bridgehead atoms. The van der Waals surface area contributed by atoms with Gasteiger partial charge in [-0.2, -0.15) is 5.10 Å². The van der Waals surface area contributed by atoms with Crippen LogP contribution >= 0.6 is 0 Å². The monoisotopic (exact) mass is 208 g/mol. The molecule has 0 saturated heterocycles. The van der Waals surface area contributed by atoms with Crippen molar-refractivity contribution in [2.45, 2.75) is 47.1 Å². The Morgan fingerprint density at radius 3 is 2.53 bits per heavy atom. The van der Waals surface area contributed by atoms with Crippen molar-refractivity contribution in [3.05, 3.63) is 17.5 Å². The number of nitrogens with zero attached hydrogens (tertiary/aromatic N) is 2. The summed E-state index contributed by atoms with van der Waals surface area (Å²) in [6.45, 7) is 8.44. The smallest absolute Gasteiger partial charge is 0.156 e. The molecule has 0 radical (unpaired) electrons. The average Bonchev–Trinajstić information content (AvgIpc) is 2.60. The van der Waals surface area contributed by atoms with Crippen molar-refractivity contribution in [1.29, 1.82) is 0 Å². The van der Waals surface area contributed by atoms with E-state index in [0.717, 1.165) is 24.2 Å². The minimum atomic E-state index is 0.0870. The molecule has 15 heavy (non-hydrogen) atoms. The number of Topliss-reactive ketones (excluding diaryl/α,β-unsaturated/α-hetero) is 1. The Morgan fingerprint density at radius 1 is 1.40 bits per heavy atom. The molecule has 1 heterocycles. The highest BCUT2D eigenvalue weighted by Crippen LogP contribution is 2.08. The van der Waals surface area contributed by atoms with Gasteiger partial charge >= 0.3 is 0 Å². The van der Waals surface area contributed by atoms with Crippen LogP contribution in [0.3, 0.4) is 0 Å². The fraction of sp³-hybridized carbons (Fsp3) is 0.667. The Bertz CT molecular complexity index is 339. The van der Waals surface area contributed by atoms with Crippen LogP contribution in [0.4, 0.5) is 0 Å². The quantitative estimate of drug-likeness (QED) is 0.743. The number of aromatic nitrogens is 2. The number of aryl methyl sites for hydroxylation is 2. The van der Waals surface area contributed by atoms with E-state index in [-0.39, 0.29) is 11.7 Å². The van der Waals surface area contributed by atoms with Crippen molar-refractivity contribution in [3.63, 3.8) is 0 Å². The first-order chi connectivity index (χ1) is 7.08. The normalized spacial score (nSPS) is 11.0. The van der Waals surface area contributed by atoms with Gasteiger partial charge in [-0.15, -0.1) is 0 Å². The summed E-state index contributed by atoms with van der Waals surface area (Å²) in [5.74, 6) is 0.333. The Morgan fingerprint density at radius 2 is 2.07 bits per heavy atom. The summed E-state index contributed by atoms with van der Waals surface area (Å²) in [5.41, 5.74) is 2.23. The molecule has 0 unspecified atom stereocenters. The van der Waals surface area contributed by atoms with E-state index in [9.17, 15) is 4.79 Å². The van der Waals surface area contributed by atoms with Crippen molar-refractivity contribution in [3.8, 4) is 0 Å². The summed E-state index contributed by atoms with van der Waals surface area (Å²) in [4.78, 5) is 11.6. The second-order valence-corrected chi connectivity index (χ2v) is 4.11. The van der Waals surface area contributed by atoms with Gasteiger partial charge in [0, 0.05) is 11.6 Å². The number of hydrogen-bond acceptors (Lipinski definition) is 2. The van der Waals surface area contributed by atoms with E-state index >= 15 is 0 Å². The number of rotatable bonds is 5. The first-order valence-corrected chi connectivity index (χ1v) is 5.66. The largest absolute Gasteiger partial charge is 0.297 e. The van der Waals surface area contributed by atoms with Crippen LogP contribution in [-0.2, 0) is 24.2 Å². The summed E-state index contributed by atoms with van der Waals surface area (Å²) in [5, 5.41) is 4.42. The van der Waals surface area contributed by atoms with E-state index < -0.39 is 0 Å². The molecule has 3 heteroatoms. The zero-order valence-electron chi connectivity index (χ0n) is 10.1. The highest BCUT2D eigenvalue weighted by atomic mass is 16.1. The van der Waals surface area contributed by atoms with E-state index in [0.29, 0.717) is 6.54 Å². The zero-order chi connectivity index (χ0) is 11.4. The average molecular weight is 208 g/mol. The van der Waals surface area contributed by atoms with Crippen LogP contribution in [-0.4, -0.2) is 15.6 Å². The highest BCUT2D eigenvalue weighted by Gasteiger charge is 2.11. The summed E-state index contributed by atoms with van der Waals surface area (Å²) < 4.78 is 1.85. The lowest BCUT2D eigenvalue weighted by Crippen LogP contribution is -2.18. The second-order valence-electron chi connectivity index (χ2n) is 4.11. The predicted octanol–water partition coefficient (Wildman–Crippen LogP) is 2.23. The lowest BCUT2D eigenvalue weighted by Gasteiger charge is -2.06. The standard InChI is InChI=1S/C12H20N2O/c1-5-10-7-11(6-2)14(13-10)8-12(15)9(3)4/h7,9H,5-6,8H2,1-4H3. The van der Waals surface area contributed by atoms with Gasteiger partial charge in [-0.1, -0.05) is 27.7 Å². The van der Waals surface area contributed by atoms with Gasteiger partial charge < -0.3 is 0 Å². The predicted molar refractivity (Wildman–Crippen MR) is 60.8 cm³/mol. The maximum atomic E-state index is 11.6. The van der Waals surface area contributed by atoms with Gasteiger partial charge in [-0.05, 0) is 18.9 Å². The van der Waals surface area contributed by atoms with Gasteiger partial charge in [0.25, 0.3) is 0 Å². The van der Waals surface area contributed by atoms with Crippen LogP contribution in [0.5, 0.6) is 0 Å². The summed E-state index contributed by atoms with van der Waals surface area (Å²) in [7, 11) is 0. The lowest BCUT2D eigenvalue weighted by molar-refractivity contribution is -0.122.